The second-order valence-electron chi connectivity index (χ2n) is 7.09. The lowest BCUT2D eigenvalue weighted by atomic mass is 10.0. The number of hydrogen-bond donors (Lipinski definition) is 3. The van der Waals surface area contributed by atoms with Gasteiger partial charge in [-0.15, -0.1) is 12.6 Å². The molecule has 1 aromatic carbocycles. The van der Waals surface area contributed by atoms with Gasteiger partial charge < -0.3 is 11.5 Å². The molecule has 0 saturated heterocycles. The van der Waals surface area contributed by atoms with E-state index in [4.69, 9.17) is 11.5 Å². The van der Waals surface area contributed by atoms with Gasteiger partial charge in [-0.25, -0.2) is 4.98 Å². The fraction of sp³-hybridized carbons (Fsp3) is 0.450. The first-order chi connectivity index (χ1) is 12.8. The van der Waals surface area contributed by atoms with E-state index < -0.39 is 12.1 Å². The highest BCUT2D eigenvalue weighted by Gasteiger charge is 2.33. The van der Waals surface area contributed by atoms with Gasteiger partial charge in [-0.3, -0.25) is 14.5 Å². The van der Waals surface area contributed by atoms with Crippen molar-refractivity contribution in [3.05, 3.63) is 36.4 Å². The van der Waals surface area contributed by atoms with Crippen molar-refractivity contribution < 1.29 is 9.59 Å². The van der Waals surface area contributed by atoms with Crippen LogP contribution in [0.5, 0.6) is 0 Å². The minimum atomic E-state index is -0.746. The Hall–Kier alpha value is -1.96. The predicted molar refractivity (Wildman–Crippen MR) is 113 cm³/mol. The normalized spacial score (nSPS) is 13.6. The molecule has 6 nitrogen and oxygen atoms in total. The number of aromatic nitrogens is 1. The number of amides is 1. The van der Waals surface area contributed by atoms with Gasteiger partial charge in [0.2, 0.25) is 11.0 Å². The van der Waals surface area contributed by atoms with Crippen LogP contribution in [0.4, 0.5) is 5.82 Å². The van der Waals surface area contributed by atoms with E-state index in [0.29, 0.717) is 31.6 Å². The summed E-state index contributed by atoms with van der Waals surface area (Å²) in [4.78, 5) is 31.5. The summed E-state index contributed by atoms with van der Waals surface area (Å²) in [7, 11) is 0. The highest BCUT2D eigenvalue weighted by Crippen LogP contribution is 2.25. The molecule has 7 heteroatoms. The van der Waals surface area contributed by atoms with Crippen molar-refractivity contribution >= 4 is 40.4 Å². The molecule has 2 aromatic rings. The minimum absolute atomic E-state index is 0.196. The van der Waals surface area contributed by atoms with Crippen LogP contribution in [0.15, 0.2) is 36.4 Å². The van der Waals surface area contributed by atoms with E-state index in [1.165, 1.54) is 4.90 Å². The van der Waals surface area contributed by atoms with Gasteiger partial charge in [0.25, 0.3) is 0 Å². The van der Waals surface area contributed by atoms with Gasteiger partial charge in [0.1, 0.15) is 11.9 Å². The molecule has 0 bridgehead atoms. The van der Waals surface area contributed by atoms with Crippen molar-refractivity contribution in [1.82, 2.24) is 4.98 Å². The molecule has 0 aliphatic rings. The van der Waals surface area contributed by atoms with Gasteiger partial charge in [0, 0.05) is 5.39 Å². The van der Waals surface area contributed by atoms with E-state index in [9.17, 15) is 9.59 Å². The second kappa shape index (κ2) is 9.82. The fourth-order valence-electron chi connectivity index (χ4n) is 3.02. The zero-order valence-electron chi connectivity index (χ0n) is 15.8. The maximum atomic E-state index is 13.1. The highest BCUT2D eigenvalue weighted by molar-refractivity contribution is 7.96. The average molecular weight is 389 g/mol. The van der Waals surface area contributed by atoms with Gasteiger partial charge in [-0.05, 0) is 49.9 Å². The van der Waals surface area contributed by atoms with Crippen LogP contribution < -0.4 is 16.4 Å². The van der Waals surface area contributed by atoms with Crippen LogP contribution in [0.1, 0.15) is 33.1 Å². The lowest BCUT2D eigenvalue weighted by molar-refractivity contribution is -0.123. The zero-order valence-corrected chi connectivity index (χ0v) is 16.7. The lowest BCUT2D eigenvalue weighted by Crippen LogP contribution is -2.52. The van der Waals surface area contributed by atoms with E-state index in [2.05, 4.69) is 17.6 Å². The van der Waals surface area contributed by atoms with Gasteiger partial charge in [0.15, 0.2) is 0 Å². The number of rotatable bonds is 9. The molecule has 1 aromatic heterocycles. The topological polar surface area (TPSA) is 102 Å². The zero-order chi connectivity index (χ0) is 20.0. The van der Waals surface area contributed by atoms with Crippen LogP contribution in [0.3, 0.4) is 0 Å². The first-order valence-corrected chi connectivity index (χ1v) is 9.67. The monoisotopic (exact) mass is 388 g/mol. The molecule has 0 aliphatic heterocycles. The molecule has 0 fully saturated rings. The molecule has 0 spiro atoms. The van der Waals surface area contributed by atoms with Gasteiger partial charge >= 0.3 is 0 Å². The standard InChI is InChI=1S/C20H28N4O2S/c1-13(2)12-17(20(26)27)24(19(25)15(22)7-5-11-21)18-10-9-14-6-3-4-8-16(14)23-18/h3-4,6,8-10,13,15,17H,5,7,11-12,21-22H2,1-2H3,(H,26,27)/t15-,17-/m1/s1. The Morgan fingerprint density at radius 2 is 1.89 bits per heavy atom. The van der Waals surface area contributed by atoms with Crippen molar-refractivity contribution in [2.45, 2.75) is 45.2 Å². The number of anilines is 1. The van der Waals surface area contributed by atoms with Gasteiger partial charge in [-0.1, -0.05) is 32.0 Å². The molecule has 1 heterocycles. The molecule has 2 rings (SSSR count). The molecule has 1 amide bonds. The molecule has 4 N–H and O–H groups in total. The molecule has 146 valence electrons. The maximum absolute atomic E-state index is 13.1. The quantitative estimate of drug-likeness (QED) is 0.573. The SMILES string of the molecule is CC(C)C[C@H](C(=O)S)N(C(=O)[C@H](N)CCCN)c1ccc2ccccc2n1. The summed E-state index contributed by atoms with van der Waals surface area (Å²) in [5.74, 6) is 0.274. The highest BCUT2D eigenvalue weighted by atomic mass is 32.1. The van der Waals surface area contributed by atoms with Gasteiger partial charge in [0.05, 0.1) is 11.6 Å². The van der Waals surface area contributed by atoms with Gasteiger partial charge in [-0.2, -0.15) is 0 Å². The van der Waals surface area contributed by atoms with E-state index in [0.717, 1.165) is 10.9 Å². The molecule has 0 radical (unpaired) electrons. The number of para-hydroxylation sites is 1. The minimum Gasteiger partial charge on any atom is -0.330 e. The molecule has 0 unspecified atom stereocenters. The number of nitrogens with two attached hydrogens (primary N) is 2. The van der Waals surface area contributed by atoms with E-state index >= 15 is 0 Å². The number of hydrogen-bond acceptors (Lipinski definition) is 5. The number of carbonyl (C=O) groups excluding carboxylic acids is 2. The smallest absolute Gasteiger partial charge is 0.245 e. The van der Waals surface area contributed by atoms with Crippen molar-refractivity contribution in [2.75, 3.05) is 11.4 Å². The van der Waals surface area contributed by atoms with Crippen LogP contribution in [-0.4, -0.2) is 34.6 Å². The van der Waals surface area contributed by atoms with Crippen LogP contribution in [0.2, 0.25) is 0 Å². The van der Waals surface area contributed by atoms with E-state index in [-0.39, 0.29) is 16.9 Å². The number of pyridine rings is 1. The number of thiol groups is 1. The molecular formula is C20H28N4O2S. The molecule has 2 atom stereocenters. The summed E-state index contributed by atoms with van der Waals surface area (Å²) >= 11 is 4.04. The molecule has 0 aliphatic carbocycles. The fourth-order valence-corrected chi connectivity index (χ4v) is 3.24. The van der Waals surface area contributed by atoms with Crippen LogP contribution in [-0.2, 0) is 9.59 Å². The largest absolute Gasteiger partial charge is 0.330 e. The maximum Gasteiger partial charge on any atom is 0.245 e. The summed E-state index contributed by atoms with van der Waals surface area (Å²) < 4.78 is 0. The number of nitrogens with zero attached hydrogens (tertiary/aromatic N) is 2. The predicted octanol–water partition coefficient (Wildman–Crippen LogP) is 2.51. The Kier molecular flexibility index (Phi) is 7.77. The first-order valence-electron chi connectivity index (χ1n) is 9.22. The number of carbonyl (C=O) groups is 2. The van der Waals surface area contributed by atoms with E-state index in [1.54, 1.807) is 6.07 Å². The third-order valence-electron chi connectivity index (χ3n) is 4.40. The van der Waals surface area contributed by atoms with Crippen molar-refractivity contribution in [1.29, 1.82) is 0 Å². The number of benzene rings is 1. The van der Waals surface area contributed by atoms with Crippen LogP contribution in [0.25, 0.3) is 10.9 Å². The molecular weight excluding hydrogens is 360 g/mol. The Balaban J connectivity index is 2.48. The summed E-state index contributed by atoms with van der Waals surface area (Å²) in [6.45, 7) is 4.44. The van der Waals surface area contributed by atoms with Crippen molar-refractivity contribution in [3.8, 4) is 0 Å². The third-order valence-corrected chi connectivity index (χ3v) is 4.69. The Morgan fingerprint density at radius 3 is 2.52 bits per heavy atom. The lowest BCUT2D eigenvalue weighted by Gasteiger charge is -2.32. The Labute approximate surface area is 165 Å². The van der Waals surface area contributed by atoms with Crippen molar-refractivity contribution in [3.63, 3.8) is 0 Å². The molecule has 27 heavy (non-hydrogen) atoms. The van der Waals surface area contributed by atoms with E-state index in [1.807, 2.05) is 44.2 Å². The molecule has 0 saturated carbocycles. The average Bonchev–Trinajstić information content (AvgIpc) is 2.64. The summed E-state index contributed by atoms with van der Waals surface area (Å²) in [5.41, 5.74) is 12.4. The van der Waals surface area contributed by atoms with Crippen molar-refractivity contribution in [2.24, 2.45) is 17.4 Å². The van der Waals surface area contributed by atoms with Crippen LogP contribution >= 0.6 is 12.6 Å². The Morgan fingerprint density at radius 1 is 1.19 bits per heavy atom. The summed E-state index contributed by atoms with van der Waals surface area (Å²) in [5, 5.41) is 0.580. The Bertz CT molecular complexity index is 796. The number of fused-ring (bicyclic) bond motifs is 1. The summed E-state index contributed by atoms with van der Waals surface area (Å²) in [6.07, 6.45) is 1.57. The third kappa shape index (κ3) is 5.51. The second-order valence-corrected chi connectivity index (χ2v) is 7.53. The first kappa shape index (κ1) is 21.3. The van der Waals surface area contributed by atoms with Crippen LogP contribution in [0, 0.1) is 5.92 Å². The summed E-state index contributed by atoms with van der Waals surface area (Å²) in [6, 6.07) is 9.79.